The minimum absolute atomic E-state index is 0.0191. The Morgan fingerprint density at radius 2 is 2.05 bits per heavy atom. The Labute approximate surface area is 123 Å². The lowest BCUT2D eigenvalue weighted by molar-refractivity contribution is -0.138. The van der Waals surface area contributed by atoms with E-state index in [4.69, 9.17) is 5.11 Å². The number of aliphatic carboxylic acids is 1. The van der Waals surface area contributed by atoms with Gasteiger partial charge in [0.25, 0.3) is 0 Å². The van der Waals surface area contributed by atoms with Crippen molar-refractivity contribution in [2.75, 3.05) is 13.1 Å². The number of hydrogen-bond donors (Lipinski definition) is 1. The molecule has 0 aromatic heterocycles. The third-order valence-corrected chi connectivity index (χ3v) is 4.11. The lowest BCUT2D eigenvalue weighted by Crippen LogP contribution is -2.40. The highest BCUT2D eigenvalue weighted by molar-refractivity contribution is 5.83. The normalized spacial score (nSPS) is 17.5. The van der Waals surface area contributed by atoms with Crippen LogP contribution in [-0.2, 0) is 9.59 Å². The molecule has 1 aromatic carbocycles. The van der Waals surface area contributed by atoms with Crippen molar-refractivity contribution in [3.8, 4) is 0 Å². The van der Waals surface area contributed by atoms with Gasteiger partial charge in [0.15, 0.2) is 0 Å². The molecule has 2 rings (SSSR count). The summed E-state index contributed by atoms with van der Waals surface area (Å²) in [6, 6.07) is 6.11. The van der Waals surface area contributed by atoms with Crippen molar-refractivity contribution in [1.29, 1.82) is 0 Å². The summed E-state index contributed by atoms with van der Waals surface area (Å²) in [7, 11) is 0. The highest BCUT2D eigenvalue weighted by atomic mass is 19.1. The van der Waals surface area contributed by atoms with Crippen LogP contribution in [0.4, 0.5) is 4.39 Å². The number of piperidine rings is 1. The van der Waals surface area contributed by atoms with Crippen molar-refractivity contribution in [1.82, 2.24) is 4.90 Å². The third kappa shape index (κ3) is 4.03. The first-order valence-corrected chi connectivity index (χ1v) is 7.23. The summed E-state index contributed by atoms with van der Waals surface area (Å²) >= 11 is 0. The molecule has 1 aromatic rings. The Balaban J connectivity index is 1.94. The molecule has 1 aliphatic rings. The predicted octanol–water partition coefficient (Wildman–Crippen LogP) is 2.64. The average molecular weight is 293 g/mol. The van der Waals surface area contributed by atoms with Gasteiger partial charge in [-0.15, -0.1) is 0 Å². The molecule has 4 nitrogen and oxygen atoms in total. The number of carboxylic acids is 1. The molecule has 1 unspecified atom stereocenters. The summed E-state index contributed by atoms with van der Waals surface area (Å²) in [6.07, 6.45) is 1.60. The van der Waals surface area contributed by atoms with Gasteiger partial charge in [-0.3, -0.25) is 9.59 Å². The van der Waals surface area contributed by atoms with Crippen LogP contribution in [-0.4, -0.2) is 35.0 Å². The second-order valence-electron chi connectivity index (χ2n) is 5.64. The summed E-state index contributed by atoms with van der Waals surface area (Å²) in [5, 5.41) is 8.79. The lowest BCUT2D eigenvalue weighted by atomic mass is 9.92. The van der Waals surface area contributed by atoms with E-state index in [0.29, 0.717) is 31.5 Å². The maximum Gasteiger partial charge on any atom is 0.303 e. The molecule has 5 heteroatoms. The molecule has 0 aliphatic carbocycles. The SMILES string of the molecule is CC(C(=O)N1CCC(CC(=O)O)CC1)c1cccc(F)c1. The second kappa shape index (κ2) is 6.70. The molecule has 0 saturated carbocycles. The van der Waals surface area contributed by atoms with E-state index in [1.54, 1.807) is 24.0 Å². The largest absolute Gasteiger partial charge is 0.481 e. The van der Waals surface area contributed by atoms with Crippen LogP contribution in [0.2, 0.25) is 0 Å². The number of carbonyl (C=O) groups excluding carboxylic acids is 1. The molecule has 1 saturated heterocycles. The average Bonchev–Trinajstić information content (AvgIpc) is 2.46. The number of likely N-dealkylation sites (tertiary alicyclic amines) is 1. The summed E-state index contributed by atoms with van der Waals surface area (Å²) < 4.78 is 13.2. The van der Waals surface area contributed by atoms with Crippen LogP contribution in [0.1, 0.15) is 37.7 Å². The molecule has 0 bridgehead atoms. The van der Waals surface area contributed by atoms with Gasteiger partial charge in [0, 0.05) is 19.5 Å². The van der Waals surface area contributed by atoms with Crippen LogP contribution in [0, 0.1) is 11.7 Å². The van der Waals surface area contributed by atoms with E-state index in [9.17, 15) is 14.0 Å². The van der Waals surface area contributed by atoms with Gasteiger partial charge in [0.1, 0.15) is 5.82 Å². The Hall–Kier alpha value is -1.91. The van der Waals surface area contributed by atoms with Crippen molar-refractivity contribution in [2.45, 2.75) is 32.1 Å². The fraction of sp³-hybridized carbons (Fsp3) is 0.500. The summed E-state index contributed by atoms with van der Waals surface area (Å²) in [5.41, 5.74) is 0.674. The topological polar surface area (TPSA) is 57.6 Å². The number of nitrogens with zero attached hydrogens (tertiary/aromatic N) is 1. The molecule has 0 radical (unpaired) electrons. The summed E-state index contributed by atoms with van der Waals surface area (Å²) in [4.78, 5) is 24.9. The molecular formula is C16H20FNO3. The fourth-order valence-corrected chi connectivity index (χ4v) is 2.80. The third-order valence-electron chi connectivity index (χ3n) is 4.11. The lowest BCUT2D eigenvalue weighted by Gasteiger charge is -2.33. The van der Waals surface area contributed by atoms with E-state index in [0.717, 1.165) is 0 Å². The van der Waals surface area contributed by atoms with Gasteiger partial charge in [-0.2, -0.15) is 0 Å². The minimum atomic E-state index is -0.784. The van der Waals surface area contributed by atoms with Crippen LogP contribution in [0.5, 0.6) is 0 Å². The maximum atomic E-state index is 13.2. The second-order valence-corrected chi connectivity index (χ2v) is 5.64. The first-order valence-electron chi connectivity index (χ1n) is 7.23. The quantitative estimate of drug-likeness (QED) is 0.928. The van der Waals surface area contributed by atoms with Gasteiger partial charge in [-0.1, -0.05) is 12.1 Å². The number of halogens is 1. The number of amides is 1. The summed E-state index contributed by atoms with van der Waals surface area (Å²) in [6.45, 7) is 2.94. The monoisotopic (exact) mass is 293 g/mol. The van der Waals surface area contributed by atoms with Crippen LogP contribution >= 0.6 is 0 Å². The first kappa shape index (κ1) is 15.5. The first-order chi connectivity index (χ1) is 9.97. The Morgan fingerprint density at radius 3 is 2.62 bits per heavy atom. The standard InChI is InChI=1S/C16H20FNO3/c1-11(13-3-2-4-14(17)10-13)16(21)18-7-5-12(6-8-18)9-15(19)20/h2-4,10-12H,5-9H2,1H3,(H,19,20). The zero-order valence-electron chi connectivity index (χ0n) is 12.1. The van der Waals surface area contributed by atoms with Crippen molar-refractivity contribution in [2.24, 2.45) is 5.92 Å². The van der Waals surface area contributed by atoms with Crippen molar-refractivity contribution in [3.05, 3.63) is 35.6 Å². The molecule has 114 valence electrons. The Bertz CT molecular complexity index is 524. The number of rotatable bonds is 4. The van der Waals surface area contributed by atoms with Crippen LogP contribution in [0.15, 0.2) is 24.3 Å². The highest BCUT2D eigenvalue weighted by Gasteiger charge is 2.27. The Kier molecular flexibility index (Phi) is 4.94. The van der Waals surface area contributed by atoms with E-state index in [2.05, 4.69) is 0 Å². The zero-order chi connectivity index (χ0) is 15.4. The molecule has 1 aliphatic heterocycles. The van der Waals surface area contributed by atoms with E-state index in [-0.39, 0.29) is 30.0 Å². The van der Waals surface area contributed by atoms with Gasteiger partial charge in [-0.05, 0) is 43.4 Å². The van der Waals surface area contributed by atoms with Crippen molar-refractivity contribution >= 4 is 11.9 Å². The predicted molar refractivity (Wildman–Crippen MR) is 76.4 cm³/mol. The van der Waals surface area contributed by atoms with E-state index in [1.807, 2.05) is 0 Å². The van der Waals surface area contributed by atoms with E-state index in [1.165, 1.54) is 12.1 Å². The number of hydrogen-bond acceptors (Lipinski definition) is 2. The summed E-state index contributed by atoms with van der Waals surface area (Å²) in [5.74, 6) is -1.37. The number of carbonyl (C=O) groups is 2. The highest BCUT2D eigenvalue weighted by Crippen LogP contribution is 2.25. The minimum Gasteiger partial charge on any atom is -0.481 e. The van der Waals surface area contributed by atoms with Crippen molar-refractivity contribution < 1.29 is 19.1 Å². The van der Waals surface area contributed by atoms with Crippen molar-refractivity contribution in [3.63, 3.8) is 0 Å². The molecule has 1 amide bonds. The molecular weight excluding hydrogens is 273 g/mol. The van der Waals surface area contributed by atoms with Gasteiger partial charge in [0.05, 0.1) is 5.92 Å². The van der Waals surface area contributed by atoms with E-state index < -0.39 is 5.97 Å². The molecule has 21 heavy (non-hydrogen) atoms. The van der Waals surface area contributed by atoms with Gasteiger partial charge in [-0.25, -0.2) is 4.39 Å². The Morgan fingerprint density at radius 1 is 1.38 bits per heavy atom. The van der Waals surface area contributed by atoms with E-state index >= 15 is 0 Å². The molecule has 1 atom stereocenters. The maximum absolute atomic E-state index is 13.2. The molecule has 0 spiro atoms. The smallest absolute Gasteiger partial charge is 0.303 e. The van der Waals surface area contributed by atoms with Crippen LogP contribution < -0.4 is 0 Å². The van der Waals surface area contributed by atoms with Gasteiger partial charge in [0.2, 0.25) is 5.91 Å². The molecule has 1 N–H and O–H groups in total. The number of benzene rings is 1. The molecule has 1 fully saturated rings. The molecule has 1 heterocycles. The van der Waals surface area contributed by atoms with Crippen LogP contribution in [0.3, 0.4) is 0 Å². The zero-order valence-corrected chi connectivity index (χ0v) is 12.1. The van der Waals surface area contributed by atoms with Gasteiger partial charge < -0.3 is 10.0 Å². The van der Waals surface area contributed by atoms with Crippen LogP contribution in [0.25, 0.3) is 0 Å². The number of carboxylic acid groups (broad SMARTS) is 1. The van der Waals surface area contributed by atoms with Gasteiger partial charge >= 0.3 is 5.97 Å². The fourth-order valence-electron chi connectivity index (χ4n) is 2.80.